The van der Waals surface area contributed by atoms with Gasteiger partial charge in [-0.15, -0.1) is 0 Å². The highest BCUT2D eigenvalue weighted by Gasteiger charge is 2.38. The first kappa shape index (κ1) is 14.0. The van der Waals surface area contributed by atoms with Gasteiger partial charge in [0.05, 0.1) is 6.61 Å². The molecule has 98 valence electrons. The molecule has 1 atom stereocenters. The maximum absolute atomic E-state index is 12.0. The van der Waals surface area contributed by atoms with E-state index < -0.39 is 11.4 Å². The molecule has 0 spiro atoms. The summed E-state index contributed by atoms with van der Waals surface area (Å²) < 4.78 is 5.34. The van der Waals surface area contributed by atoms with E-state index in [9.17, 15) is 9.59 Å². The van der Waals surface area contributed by atoms with Crippen LogP contribution in [0.15, 0.2) is 0 Å². The topological polar surface area (TPSA) is 66.8 Å². The molecule has 0 aliphatic carbocycles. The monoisotopic (exact) mass is 243 g/mol. The molecule has 1 heterocycles. The van der Waals surface area contributed by atoms with Crippen LogP contribution in [0.4, 0.5) is 0 Å². The van der Waals surface area contributed by atoms with Crippen molar-refractivity contribution in [3.8, 4) is 0 Å². The fourth-order valence-electron chi connectivity index (χ4n) is 1.99. The maximum Gasteiger partial charge on any atom is 0.318 e. The minimum atomic E-state index is -1.36. The summed E-state index contributed by atoms with van der Waals surface area (Å²) in [5.41, 5.74) is -1.36. The predicted octanol–water partition coefficient (Wildman–Crippen LogP) is 0.982. The van der Waals surface area contributed by atoms with Crippen LogP contribution in [0, 0.1) is 11.3 Å². The number of aliphatic carboxylic acids is 1. The minimum absolute atomic E-state index is 0.322. The largest absolute Gasteiger partial charge is 0.480 e. The number of carboxylic acid groups (broad SMARTS) is 1. The minimum Gasteiger partial charge on any atom is -0.480 e. The smallest absolute Gasteiger partial charge is 0.318 e. The van der Waals surface area contributed by atoms with E-state index in [1.54, 1.807) is 7.05 Å². The molecule has 1 saturated heterocycles. The van der Waals surface area contributed by atoms with Gasteiger partial charge in [0.25, 0.3) is 0 Å². The molecule has 1 N–H and O–H groups in total. The summed E-state index contributed by atoms with van der Waals surface area (Å²) in [4.78, 5) is 24.5. The molecule has 1 amide bonds. The molecule has 5 heteroatoms. The Labute approximate surface area is 102 Å². The van der Waals surface area contributed by atoms with Gasteiger partial charge >= 0.3 is 5.97 Å². The maximum atomic E-state index is 12.0. The standard InChI is InChI=1S/C12H21NO4/c1-12(2,11(15)16)10(14)13(3)7-9-5-4-6-17-8-9/h9H,4-8H2,1-3H3,(H,15,16). The van der Waals surface area contributed by atoms with E-state index in [-0.39, 0.29) is 5.91 Å². The molecule has 0 bridgehead atoms. The van der Waals surface area contributed by atoms with Gasteiger partial charge in [-0.05, 0) is 32.6 Å². The van der Waals surface area contributed by atoms with Crippen LogP contribution in [0.3, 0.4) is 0 Å². The van der Waals surface area contributed by atoms with Crippen LogP contribution >= 0.6 is 0 Å². The van der Waals surface area contributed by atoms with Crippen molar-refractivity contribution < 1.29 is 19.4 Å². The summed E-state index contributed by atoms with van der Waals surface area (Å²) in [6.07, 6.45) is 2.04. The molecule has 1 rings (SSSR count). The van der Waals surface area contributed by atoms with Gasteiger partial charge in [-0.1, -0.05) is 0 Å². The number of hydrogen-bond acceptors (Lipinski definition) is 3. The Morgan fingerprint density at radius 1 is 1.47 bits per heavy atom. The van der Waals surface area contributed by atoms with Crippen LogP contribution in [-0.2, 0) is 14.3 Å². The molecule has 0 aromatic rings. The lowest BCUT2D eigenvalue weighted by Crippen LogP contribution is -2.45. The Morgan fingerprint density at radius 3 is 2.59 bits per heavy atom. The summed E-state index contributed by atoms with van der Waals surface area (Å²) in [7, 11) is 1.65. The van der Waals surface area contributed by atoms with Crippen molar-refractivity contribution in [2.75, 3.05) is 26.8 Å². The molecule has 1 aliphatic rings. The Hall–Kier alpha value is -1.10. The average Bonchev–Trinajstić information content (AvgIpc) is 2.29. The van der Waals surface area contributed by atoms with Gasteiger partial charge in [0, 0.05) is 20.2 Å². The van der Waals surface area contributed by atoms with Gasteiger partial charge < -0.3 is 14.7 Å². The van der Waals surface area contributed by atoms with Crippen LogP contribution < -0.4 is 0 Å². The number of ether oxygens (including phenoxy) is 1. The fourth-order valence-corrected chi connectivity index (χ4v) is 1.99. The first-order valence-electron chi connectivity index (χ1n) is 5.92. The van der Waals surface area contributed by atoms with E-state index in [0.29, 0.717) is 19.1 Å². The summed E-state index contributed by atoms with van der Waals surface area (Å²) >= 11 is 0. The molecule has 0 aromatic carbocycles. The van der Waals surface area contributed by atoms with Gasteiger partial charge in [-0.3, -0.25) is 9.59 Å². The van der Waals surface area contributed by atoms with Crippen molar-refractivity contribution in [1.82, 2.24) is 4.90 Å². The zero-order valence-corrected chi connectivity index (χ0v) is 10.7. The fraction of sp³-hybridized carbons (Fsp3) is 0.833. The van der Waals surface area contributed by atoms with E-state index in [1.807, 2.05) is 0 Å². The van der Waals surface area contributed by atoms with Gasteiger partial charge in [-0.25, -0.2) is 0 Å². The van der Waals surface area contributed by atoms with Crippen molar-refractivity contribution in [1.29, 1.82) is 0 Å². The zero-order valence-electron chi connectivity index (χ0n) is 10.7. The van der Waals surface area contributed by atoms with Gasteiger partial charge in [0.15, 0.2) is 0 Å². The molecule has 0 saturated carbocycles. The van der Waals surface area contributed by atoms with Gasteiger partial charge in [-0.2, -0.15) is 0 Å². The summed E-state index contributed by atoms with van der Waals surface area (Å²) in [5, 5.41) is 8.99. The normalized spacial score (nSPS) is 21.0. The quantitative estimate of drug-likeness (QED) is 0.747. The van der Waals surface area contributed by atoms with Crippen molar-refractivity contribution >= 4 is 11.9 Å². The first-order chi connectivity index (χ1) is 7.85. The van der Waals surface area contributed by atoms with E-state index >= 15 is 0 Å². The highest BCUT2D eigenvalue weighted by atomic mass is 16.5. The molecule has 17 heavy (non-hydrogen) atoms. The number of carbonyl (C=O) groups is 2. The summed E-state index contributed by atoms with van der Waals surface area (Å²) in [6.45, 7) is 4.88. The number of amides is 1. The van der Waals surface area contributed by atoms with Crippen LogP contribution in [0.2, 0.25) is 0 Å². The van der Waals surface area contributed by atoms with E-state index in [1.165, 1.54) is 18.7 Å². The van der Waals surface area contributed by atoms with Crippen molar-refractivity contribution in [3.63, 3.8) is 0 Å². The zero-order chi connectivity index (χ0) is 13.1. The average molecular weight is 243 g/mol. The highest BCUT2D eigenvalue weighted by Crippen LogP contribution is 2.21. The van der Waals surface area contributed by atoms with Crippen LogP contribution in [0.5, 0.6) is 0 Å². The third kappa shape index (κ3) is 3.43. The molecular weight excluding hydrogens is 222 g/mol. The second-order valence-corrected chi connectivity index (χ2v) is 5.20. The van der Waals surface area contributed by atoms with E-state index in [4.69, 9.17) is 9.84 Å². The van der Waals surface area contributed by atoms with Crippen LogP contribution in [-0.4, -0.2) is 48.7 Å². The number of hydrogen-bond donors (Lipinski definition) is 1. The van der Waals surface area contributed by atoms with Crippen molar-refractivity contribution in [2.45, 2.75) is 26.7 Å². The summed E-state index contributed by atoms with van der Waals surface area (Å²) in [5.74, 6) is -1.12. The molecule has 0 radical (unpaired) electrons. The van der Waals surface area contributed by atoms with Gasteiger partial charge in [0.2, 0.25) is 5.91 Å². The Kier molecular flexibility index (Phi) is 4.51. The van der Waals surface area contributed by atoms with Crippen molar-refractivity contribution in [3.05, 3.63) is 0 Å². The number of carboxylic acids is 1. The number of nitrogens with zero attached hydrogens (tertiary/aromatic N) is 1. The Balaban J connectivity index is 2.54. The number of rotatable bonds is 4. The summed E-state index contributed by atoms with van der Waals surface area (Å²) in [6, 6.07) is 0. The lowest BCUT2D eigenvalue weighted by Gasteiger charge is -2.30. The molecule has 1 unspecified atom stereocenters. The van der Waals surface area contributed by atoms with Crippen molar-refractivity contribution in [2.24, 2.45) is 11.3 Å². The first-order valence-corrected chi connectivity index (χ1v) is 5.92. The van der Waals surface area contributed by atoms with Gasteiger partial charge in [0.1, 0.15) is 5.41 Å². The van der Waals surface area contributed by atoms with E-state index in [2.05, 4.69) is 0 Å². The van der Waals surface area contributed by atoms with Crippen LogP contribution in [0.25, 0.3) is 0 Å². The third-order valence-corrected chi connectivity index (χ3v) is 3.20. The Bertz CT molecular complexity index is 295. The molecule has 1 fully saturated rings. The molecular formula is C12H21NO4. The van der Waals surface area contributed by atoms with E-state index in [0.717, 1.165) is 19.4 Å². The lowest BCUT2D eigenvalue weighted by atomic mass is 9.91. The Morgan fingerprint density at radius 2 is 2.12 bits per heavy atom. The second kappa shape index (κ2) is 5.49. The molecule has 5 nitrogen and oxygen atoms in total. The second-order valence-electron chi connectivity index (χ2n) is 5.20. The molecule has 0 aromatic heterocycles. The lowest BCUT2D eigenvalue weighted by molar-refractivity contribution is -0.158. The third-order valence-electron chi connectivity index (χ3n) is 3.20. The van der Waals surface area contributed by atoms with Crippen LogP contribution in [0.1, 0.15) is 26.7 Å². The number of carbonyl (C=O) groups excluding carboxylic acids is 1. The predicted molar refractivity (Wildman–Crippen MR) is 62.6 cm³/mol. The highest BCUT2D eigenvalue weighted by molar-refractivity contribution is 6.00. The molecule has 1 aliphatic heterocycles. The SMILES string of the molecule is CN(CC1CCCOC1)C(=O)C(C)(C)C(=O)O.